The number of nitrogens with zero attached hydrogens (tertiary/aromatic N) is 3. The number of carbonyl (C=O) groups excluding carboxylic acids is 1. The molecule has 0 saturated heterocycles. The Labute approximate surface area is 174 Å². The molecule has 0 bridgehead atoms. The molecule has 0 fully saturated rings. The first-order valence-electron chi connectivity index (χ1n) is 8.95. The van der Waals surface area contributed by atoms with Crippen molar-refractivity contribution < 1.29 is 28.1 Å². The largest absolute Gasteiger partial charge is 0.496 e. The van der Waals surface area contributed by atoms with Gasteiger partial charge in [0, 0.05) is 5.56 Å². The summed E-state index contributed by atoms with van der Waals surface area (Å²) in [6, 6.07) is 10.8. The van der Waals surface area contributed by atoms with Crippen LogP contribution in [-0.2, 0) is 0 Å². The fraction of sp³-hybridized carbons (Fsp3) is 0.0952. The Morgan fingerprint density at radius 3 is 2.58 bits per heavy atom. The molecule has 0 saturated carbocycles. The molecule has 0 aliphatic heterocycles. The van der Waals surface area contributed by atoms with E-state index in [4.69, 9.17) is 14.0 Å². The number of fused-ring (bicyclic) bond motifs is 1. The van der Waals surface area contributed by atoms with E-state index < -0.39 is 22.4 Å². The lowest BCUT2D eigenvalue weighted by Gasteiger charge is -2.09. The number of nitro benzene ring substituents is 1. The standard InChI is InChI=1S/C21H14FN3O6/c1-11-19-15(21(26)30-18-8-7-14(29-2)9-17(18)25(27)28)10-16(23-20(19)31-24-11)12-3-5-13(22)6-4-12/h3-10H,1-2H3. The number of methoxy groups -OCH3 is 1. The molecule has 0 aliphatic rings. The molecule has 10 heteroatoms. The number of aryl methyl sites for hydroxylation is 1. The first-order chi connectivity index (χ1) is 14.9. The molecule has 0 aliphatic carbocycles. The maximum absolute atomic E-state index is 13.3. The zero-order valence-corrected chi connectivity index (χ0v) is 16.3. The van der Waals surface area contributed by atoms with Crippen LogP contribution in [0.15, 0.2) is 53.1 Å². The molecule has 4 rings (SSSR count). The summed E-state index contributed by atoms with van der Waals surface area (Å²) in [5.74, 6) is -1.30. The molecule has 0 unspecified atom stereocenters. The molecular formula is C21H14FN3O6. The molecular weight excluding hydrogens is 409 g/mol. The summed E-state index contributed by atoms with van der Waals surface area (Å²) in [6.45, 7) is 1.62. The number of hydrogen-bond acceptors (Lipinski definition) is 8. The van der Waals surface area contributed by atoms with Gasteiger partial charge in [0.25, 0.3) is 5.71 Å². The summed E-state index contributed by atoms with van der Waals surface area (Å²) in [5, 5.41) is 15.5. The lowest BCUT2D eigenvalue weighted by Crippen LogP contribution is -2.11. The molecule has 0 radical (unpaired) electrons. The van der Waals surface area contributed by atoms with E-state index in [2.05, 4.69) is 10.1 Å². The topological polar surface area (TPSA) is 118 Å². The Bertz CT molecular complexity index is 1320. The highest BCUT2D eigenvalue weighted by molar-refractivity contribution is 6.05. The molecule has 0 amide bonds. The van der Waals surface area contributed by atoms with Gasteiger partial charge in [0.15, 0.2) is 0 Å². The molecule has 2 aromatic heterocycles. The number of halogens is 1. The average Bonchev–Trinajstić information content (AvgIpc) is 3.14. The minimum Gasteiger partial charge on any atom is -0.496 e. The predicted octanol–water partition coefficient (Wildman–Crippen LogP) is 4.47. The Morgan fingerprint density at radius 2 is 1.90 bits per heavy atom. The number of aromatic nitrogens is 2. The van der Waals surface area contributed by atoms with Crippen molar-refractivity contribution in [1.82, 2.24) is 10.1 Å². The van der Waals surface area contributed by atoms with Crippen molar-refractivity contribution in [3.8, 4) is 22.8 Å². The normalized spacial score (nSPS) is 10.8. The zero-order valence-electron chi connectivity index (χ0n) is 16.3. The third kappa shape index (κ3) is 3.78. The van der Waals surface area contributed by atoms with Crippen molar-refractivity contribution in [2.45, 2.75) is 6.92 Å². The van der Waals surface area contributed by atoms with Crippen LogP contribution in [0.2, 0.25) is 0 Å². The van der Waals surface area contributed by atoms with Gasteiger partial charge in [-0.15, -0.1) is 0 Å². The number of rotatable bonds is 5. The lowest BCUT2D eigenvalue weighted by molar-refractivity contribution is -0.385. The summed E-state index contributed by atoms with van der Waals surface area (Å²) in [4.78, 5) is 28.1. The third-order valence-corrected chi connectivity index (χ3v) is 4.54. The van der Waals surface area contributed by atoms with Crippen molar-refractivity contribution in [3.05, 3.63) is 75.7 Å². The Kier molecular flexibility index (Phi) is 5.04. The summed E-state index contributed by atoms with van der Waals surface area (Å²) in [5.41, 5.74) is 0.938. The highest BCUT2D eigenvalue weighted by Gasteiger charge is 2.24. The fourth-order valence-electron chi connectivity index (χ4n) is 3.03. The van der Waals surface area contributed by atoms with Gasteiger partial charge in [-0.2, -0.15) is 0 Å². The third-order valence-electron chi connectivity index (χ3n) is 4.54. The van der Waals surface area contributed by atoms with Crippen LogP contribution in [-0.4, -0.2) is 28.1 Å². The van der Waals surface area contributed by atoms with Crippen LogP contribution in [0.3, 0.4) is 0 Å². The molecule has 2 aromatic carbocycles. The summed E-state index contributed by atoms with van der Waals surface area (Å²) in [7, 11) is 1.37. The van der Waals surface area contributed by atoms with Crippen LogP contribution in [0.1, 0.15) is 16.1 Å². The van der Waals surface area contributed by atoms with Crippen molar-refractivity contribution in [2.75, 3.05) is 7.11 Å². The van der Waals surface area contributed by atoms with Crippen LogP contribution in [0.25, 0.3) is 22.4 Å². The second kappa shape index (κ2) is 7.82. The maximum Gasteiger partial charge on any atom is 0.344 e. The van der Waals surface area contributed by atoms with Crippen LogP contribution in [0.4, 0.5) is 10.1 Å². The molecule has 0 N–H and O–H groups in total. The Balaban J connectivity index is 1.80. The van der Waals surface area contributed by atoms with E-state index in [1.54, 1.807) is 6.92 Å². The van der Waals surface area contributed by atoms with Gasteiger partial charge in [-0.3, -0.25) is 10.1 Å². The van der Waals surface area contributed by atoms with E-state index in [-0.39, 0.29) is 22.8 Å². The van der Waals surface area contributed by atoms with Gasteiger partial charge in [-0.05, 0) is 49.4 Å². The smallest absolute Gasteiger partial charge is 0.344 e. The van der Waals surface area contributed by atoms with Crippen LogP contribution >= 0.6 is 0 Å². The summed E-state index contributed by atoms with van der Waals surface area (Å²) >= 11 is 0. The van der Waals surface area contributed by atoms with Gasteiger partial charge in [0.2, 0.25) is 5.75 Å². The van der Waals surface area contributed by atoms with E-state index >= 15 is 0 Å². The van der Waals surface area contributed by atoms with E-state index in [0.29, 0.717) is 22.3 Å². The van der Waals surface area contributed by atoms with Crippen molar-refractivity contribution in [1.29, 1.82) is 0 Å². The number of ether oxygens (including phenoxy) is 2. The molecule has 31 heavy (non-hydrogen) atoms. The maximum atomic E-state index is 13.3. The number of hydrogen-bond donors (Lipinski definition) is 0. The SMILES string of the molecule is COc1ccc(OC(=O)c2cc(-c3ccc(F)cc3)nc3onc(C)c23)c([N+](=O)[O-])c1. The predicted molar refractivity (Wildman–Crippen MR) is 107 cm³/mol. The minimum absolute atomic E-state index is 0.0493. The molecule has 2 heterocycles. The van der Waals surface area contributed by atoms with Gasteiger partial charge in [0.1, 0.15) is 11.6 Å². The fourth-order valence-corrected chi connectivity index (χ4v) is 3.03. The minimum atomic E-state index is -0.865. The van der Waals surface area contributed by atoms with Gasteiger partial charge in [-0.25, -0.2) is 14.2 Å². The first kappa shape index (κ1) is 20.0. The van der Waals surface area contributed by atoms with Gasteiger partial charge in [0.05, 0.1) is 40.4 Å². The van der Waals surface area contributed by atoms with Crippen LogP contribution < -0.4 is 9.47 Å². The Morgan fingerprint density at radius 1 is 1.16 bits per heavy atom. The van der Waals surface area contributed by atoms with Gasteiger partial charge >= 0.3 is 11.7 Å². The number of nitro groups is 1. The number of esters is 1. The summed E-state index contributed by atoms with van der Waals surface area (Å²) in [6.07, 6.45) is 0. The van der Waals surface area contributed by atoms with Crippen molar-refractivity contribution >= 4 is 22.8 Å². The molecule has 0 spiro atoms. The highest BCUT2D eigenvalue weighted by atomic mass is 19.1. The number of pyridine rings is 1. The molecule has 0 atom stereocenters. The van der Waals surface area contributed by atoms with Gasteiger partial charge < -0.3 is 14.0 Å². The Hall–Kier alpha value is -4.34. The van der Waals surface area contributed by atoms with E-state index in [1.807, 2.05) is 0 Å². The van der Waals surface area contributed by atoms with Crippen molar-refractivity contribution in [2.24, 2.45) is 0 Å². The van der Waals surface area contributed by atoms with Gasteiger partial charge in [-0.1, -0.05) is 5.16 Å². The molecule has 9 nitrogen and oxygen atoms in total. The van der Waals surface area contributed by atoms with E-state index in [1.165, 1.54) is 49.6 Å². The lowest BCUT2D eigenvalue weighted by atomic mass is 10.1. The number of carbonyl (C=O) groups is 1. The van der Waals surface area contributed by atoms with Crippen LogP contribution in [0.5, 0.6) is 11.5 Å². The zero-order chi connectivity index (χ0) is 22.1. The average molecular weight is 423 g/mol. The summed E-state index contributed by atoms with van der Waals surface area (Å²) < 4.78 is 28.8. The number of benzene rings is 2. The molecule has 4 aromatic rings. The van der Waals surface area contributed by atoms with Crippen molar-refractivity contribution in [3.63, 3.8) is 0 Å². The van der Waals surface area contributed by atoms with E-state index in [0.717, 1.165) is 6.07 Å². The monoisotopic (exact) mass is 423 g/mol. The van der Waals surface area contributed by atoms with Crippen LogP contribution in [0, 0.1) is 22.9 Å². The molecule has 156 valence electrons. The second-order valence-corrected chi connectivity index (χ2v) is 6.49. The highest BCUT2D eigenvalue weighted by Crippen LogP contribution is 2.33. The first-order valence-corrected chi connectivity index (χ1v) is 8.95. The quantitative estimate of drug-likeness (QED) is 0.200. The second-order valence-electron chi connectivity index (χ2n) is 6.49. The van der Waals surface area contributed by atoms with E-state index in [9.17, 15) is 19.3 Å².